The highest BCUT2D eigenvalue weighted by atomic mass is 16.6. The molecule has 1 spiro atoms. The Kier molecular flexibility index (Phi) is 12.3. The Bertz CT molecular complexity index is 1520. The van der Waals surface area contributed by atoms with Crippen LogP contribution in [0.3, 0.4) is 0 Å². The van der Waals surface area contributed by atoms with Crippen LogP contribution in [-0.2, 0) is 35.1 Å². The van der Waals surface area contributed by atoms with Crippen molar-refractivity contribution in [2.24, 2.45) is 11.8 Å². The van der Waals surface area contributed by atoms with Crippen LogP contribution >= 0.6 is 0 Å². The van der Waals surface area contributed by atoms with Gasteiger partial charge in [-0.1, -0.05) is 86.2 Å². The van der Waals surface area contributed by atoms with Gasteiger partial charge < -0.3 is 29.7 Å². The maximum Gasteiger partial charge on any atom is 0.313 e. The number of allylic oxidation sites excluding steroid dienone is 1. The lowest BCUT2D eigenvalue weighted by Crippen LogP contribution is -2.59. The van der Waals surface area contributed by atoms with Gasteiger partial charge in [0.15, 0.2) is 0 Å². The molecule has 3 saturated heterocycles. The summed E-state index contributed by atoms with van der Waals surface area (Å²) in [6, 6.07) is 16.4. The number of aliphatic hydroxyl groups is 1. The van der Waals surface area contributed by atoms with Crippen LogP contribution in [0.1, 0.15) is 69.6 Å². The number of rotatable bonds is 18. The molecule has 268 valence electrons. The Morgan fingerprint density at radius 1 is 1.12 bits per heavy atom. The molecule has 2 aromatic rings. The first kappa shape index (κ1) is 37.0. The first-order valence-corrected chi connectivity index (χ1v) is 17.9. The van der Waals surface area contributed by atoms with E-state index in [4.69, 9.17) is 9.47 Å². The quantitative estimate of drug-likeness (QED) is 0.175. The normalized spacial score (nSPS) is 25.3. The second-order valence-electron chi connectivity index (χ2n) is 13.7. The lowest BCUT2D eigenvalue weighted by molar-refractivity contribution is -0.162. The molecule has 10 nitrogen and oxygen atoms in total. The van der Waals surface area contributed by atoms with Crippen molar-refractivity contribution in [3.63, 3.8) is 0 Å². The monoisotopic (exact) mass is 685 g/mol. The number of esters is 1. The predicted octanol–water partition coefficient (Wildman–Crippen LogP) is 4.53. The van der Waals surface area contributed by atoms with E-state index in [1.54, 1.807) is 24.0 Å². The second-order valence-corrected chi connectivity index (χ2v) is 13.7. The number of hydrogen-bond donors (Lipinski definition) is 2. The van der Waals surface area contributed by atoms with Crippen molar-refractivity contribution in [3.8, 4) is 0 Å². The van der Waals surface area contributed by atoms with Crippen molar-refractivity contribution in [1.82, 2.24) is 15.1 Å². The average molecular weight is 686 g/mol. The number of hydrogen-bond acceptors (Lipinski definition) is 7. The van der Waals surface area contributed by atoms with E-state index in [-0.39, 0.29) is 24.8 Å². The minimum absolute atomic E-state index is 0.194. The number of carbonyl (C=O) groups excluding carboxylic acids is 4. The van der Waals surface area contributed by atoms with E-state index >= 15 is 0 Å². The predicted molar refractivity (Wildman–Crippen MR) is 189 cm³/mol. The maximum absolute atomic E-state index is 14.8. The smallest absolute Gasteiger partial charge is 0.313 e. The number of nitrogens with zero attached hydrogens (tertiary/aromatic N) is 2. The lowest BCUT2D eigenvalue weighted by Gasteiger charge is -2.39. The maximum atomic E-state index is 14.8. The van der Waals surface area contributed by atoms with E-state index in [1.165, 1.54) is 4.90 Å². The summed E-state index contributed by atoms with van der Waals surface area (Å²) in [5, 5.41) is 13.7. The summed E-state index contributed by atoms with van der Waals surface area (Å²) in [6.07, 6.45) is 5.52. The fraction of sp³-hybridized carbons (Fsp3) is 0.500. The fourth-order valence-corrected chi connectivity index (χ4v) is 8.08. The summed E-state index contributed by atoms with van der Waals surface area (Å²) in [5.41, 5.74) is 0.346. The van der Waals surface area contributed by atoms with Crippen molar-refractivity contribution >= 4 is 23.7 Å². The summed E-state index contributed by atoms with van der Waals surface area (Å²) < 4.78 is 13.0. The molecular weight excluding hydrogens is 634 g/mol. The summed E-state index contributed by atoms with van der Waals surface area (Å²) >= 11 is 0. The van der Waals surface area contributed by atoms with E-state index in [2.05, 4.69) is 18.5 Å². The number of benzene rings is 2. The number of unbranched alkanes of at least 4 members (excludes halogenated alkanes) is 1. The fourth-order valence-electron chi connectivity index (χ4n) is 8.08. The van der Waals surface area contributed by atoms with Gasteiger partial charge in [0.25, 0.3) is 0 Å². The number of carbonyl (C=O) groups is 4. The number of likely N-dealkylation sites (tertiary alicyclic amines) is 1. The minimum Gasteiger partial charge on any atom is -0.455 e. The molecule has 3 amide bonds. The van der Waals surface area contributed by atoms with Crippen LogP contribution in [0.5, 0.6) is 0 Å². The molecule has 3 aliphatic rings. The van der Waals surface area contributed by atoms with Crippen LogP contribution in [0.15, 0.2) is 86.0 Å². The molecular formula is C40H51N3O7. The van der Waals surface area contributed by atoms with E-state index in [1.807, 2.05) is 67.6 Å². The minimum atomic E-state index is -1.26. The second kappa shape index (κ2) is 16.6. The van der Waals surface area contributed by atoms with E-state index in [0.717, 1.165) is 18.4 Å². The Morgan fingerprint density at radius 2 is 1.82 bits per heavy atom. The first-order valence-electron chi connectivity index (χ1n) is 17.9. The molecule has 0 saturated carbocycles. The molecule has 2 aromatic carbocycles. The zero-order chi connectivity index (χ0) is 35.8. The number of ether oxygens (including phenoxy) is 2. The van der Waals surface area contributed by atoms with Gasteiger partial charge in [0.1, 0.15) is 17.7 Å². The summed E-state index contributed by atoms with van der Waals surface area (Å²) in [4.78, 5) is 59.8. The molecule has 3 fully saturated rings. The topological polar surface area (TPSA) is 125 Å². The van der Waals surface area contributed by atoms with Crippen LogP contribution in [0.4, 0.5) is 0 Å². The molecule has 3 aliphatic heterocycles. The number of fused-ring (bicyclic) bond motifs is 1. The number of aliphatic hydroxyl groups excluding tert-OH is 1. The highest BCUT2D eigenvalue weighted by Gasteiger charge is 2.75. The average Bonchev–Trinajstić information content (AvgIpc) is 3.78. The van der Waals surface area contributed by atoms with Crippen molar-refractivity contribution in [3.05, 3.63) is 97.1 Å². The zero-order valence-corrected chi connectivity index (χ0v) is 29.2. The largest absolute Gasteiger partial charge is 0.455 e. The molecule has 8 atom stereocenters. The number of nitrogens with one attached hydrogen (secondary N) is 1. The zero-order valence-electron chi connectivity index (χ0n) is 29.2. The Hall–Kier alpha value is -4.28. The van der Waals surface area contributed by atoms with Gasteiger partial charge in [0, 0.05) is 19.5 Å². The van der Waals surface area contributed by atoms with E-state index in [0.29, 0.717) is 44.3 Å². The summed E-state index contributed by atoms with van der Waals surface area (Å²) in [7, 11) is 0. The molecule has 50 heavy (non-hydrogen) atoms. The van der Waals surface area contributed by atoms with Gasteiger partial charge in [-0.15, -0.1) is 13.2 Å². The SMILES string of the molecule is C=CCCC(=O)N[C@@H](C)[C@H](OC(=O)[C@@H]1[C@H]2C(=O)N([C@@H](CO)Cc3ccccc3)[C@H](C(=O)N(CC=C)CCCC)[C@]23CC[C@H]1O3)c1ccccc1. The molecule has 0 unspecified atom stereocenters. The molecule has 0 aromatic heterocycles. The third-order valence-corrected chi connectivity index (χ3v) is 10.4. The standard InChI is InChI=1S/C40H51N3O7/c1-5-8-20-32(45)41-27(4)35(29-18-14-11-15-19-29)49-39(48)33-31-21-22-40(50-31)34(33)37(46)43(30(26-44)25-28-16-12-10-13-17-28)36(40)38(47)42(23-7-3)24-9-6-2/h5,7,10-19,27,30-31,33-36,44H,1,3,6,8-9,20-26H2,2,4H3,(H,41,45)/t27-,30+,31+,33-,34-,35-,36+,40-/m0/s1. The van der Waals surface area contributed by atoms with Crippen LogP contribution in [0, 0.1) is 11.8 Å². The van der Waals surface area contributed by atoms with Crippen LogP contribution in [-0.4, -0.2) is 88.1 Å². The van der Waals surface area contributed by atoms with Crippen LogP contribution in [0.25, 0.3) is 0 Å². The van der Waals surface area contributed by atoms with Crippen molar-refractivity contribution in [2.45, 2.75) is 94.7 Å². The molecule has 0 aliphatic carbocycles. The van der Waals surface area contributed by atoms with Gasteiger partial charge in [0.05, 0.1) is 36.6 Å². The van der Waals surface area contributed by atoms with Gasteiger partial charge in [-0.25, -0.2) is 0 Å². The molecule has 2 N–H and O–H groups in total. The van der Waals surface area contributed by atoms with Gasteiger partial charge in [-0.2, -0.15) is 0 Å². The van der Waals surface area contributed by atoms with E-state index < -0.39 is 59.6 Å². The van der Waals surface area contributed by atoms with Crippen molar-refractivity contribution < 1.29 is 33.8 Å². The highest BCUT2D eigenvalue weighted by Crippen LogP contribution is 2.59. The van der Waals surface area contributed by atoms with Crippen LogP contribution in [0.2, 0.25) is 0 Å². The Morgan fingerprint density at radius 3 is 2.46 bits per heavy atom. The summed E-state index contributed by atoms with van der Waals surface area (Å²) in [6.45, 7) is 11.8. The van der Waals surface area contributed by atoms with Crippen molar-refractivity contribution in [2.75, 3.05) is 19.7 Å². The highest BCUT2D eigenvalue weighted by molar-refractivity contribution is 5.98. The van der Waals surface area contributed by atoms with Gasteiger partial charge in [0.2, 0.25) is 17.7 Å². The molecule has 0 radical (unpaired) electrons. The Labute approximate surface area is 295 Å². The first-order chi connectivity index (χ1) is 24.2. The van der Waals surface area contributed by atoms with Crippen molar-refractivity contribution in [1.29, 1.82) is 0 Å². The third-order valence-electron chi connectivity index (χ3n) is 10.4. The molecule has 2 bridgehead atoms. The van der Waals surface area contributed by atoms with Crippen LogP contribution < -0.4 is 5.32 Å². The third kappa shape index (κ3) is 7.42. The Balaban J connectivity index is 1.50. The number of amides is 3. The lowest BCUT2D eigenvalue weighted by atomic mass is 9.70. The van der Waals surface area contributed by atoms with E-state index in [9.17, 15) is 24.3 Å². The van der Waals surface area contributed by atoms with Gasteiger partial charge in [-0.3, -0.25) is 19.2 Å². The molecule has 5 rings (SSSR count). The summed E-state index contributed by atoms with van der Waals surface area (Å²) in [5.74, 6) is -3.40. The van der Waals surface area contributed by atoms with Gasteiger partial charge in [-0.05, 0) is 50.2 Å². The van der Waals surface area contributed by atoms with Gasteiger partial charge >= 0.3 is 5.97 Å². The molecule has 3 heterocycles. The molecule has 10 heteroatoms.